The molecule has 21 heavy (non-hydrogen) atoms. The highest BCUT2D eigenvalue weighted by Crippen LogP contribution is 2.11. The quantitative estimate of drug-likeness (QED) is 0.590. The van der Waals surface area contributed by atoms with Crippen LogP contribution in [-0.4, -0.2) is 26.0 Å². The molecule has 1 N–H and O–H groups in total. The predicted octanol–water partition coefficient (Wildman–Crippen LogP) is 1.87. The third-order valence-corrected chi connectivity index (χ3v) is 3.64. The summed E-state index contributed by atoms with van der Waals surface area (Å²) < 4.78 is 1.90. The van der Waals surface area contributed by atoms with E-state index in [1.54, 1.807) is 13.1 Å². The molecule has 0 bridgehead atoms. The van der Waals surface area contributed by atoms with Gasteiger partial charge >= 0.3 is 0 Å². The molecule has 0 aromatic carbocycles. The molecule has 106 valence electrons. The number of carbonyl (C=O) groups excluding carboxylic acids is 1. The van der Waals surface area contributed by atoms with Gasteiger partial charge in [0.1, 0.15) is 0 Å². The van der Waals surface area contributed by atoms with Gasteiger partial charge in [-0.2, -0.15) is 5.10 Å². The van der Waals surface area contributed by atoms with Crippen molar-refractivity contribution in [3.63, 3.8) is 0 Å². The first-order valence-electron chi connectivity index (χ1n) is 6.38. The Hall–Kier alpha value is -2.54. The van der Waals surface area contributed by atoms with Gasteiger partial charge in [-0.05, 0) is 19.1 Å². The number of aromatic nitrogens is 3. The summed E-state index contributed by atoms with van der Waals surface area (Å²) >= 11 is 1.54. The van der Waals surface area contributed by atoms with Gasteiger partial charge in [0.05, 0.1) is 23.5 Å². The molecule has 0 spiro atoms. The van der Waals surface area contributed by atoms with Crippen LogP contribution in [0.15, 0.2) is 47.3 Å². The molecule has 0 aliphatic heterocycles. The molecule has 0 aliphatic carbocycles. The standard InChI is InChI=1S/C14H13N5OS/c1-10(12-4-2-3-5-15-12)17-18-13(20)8-11-9-19-6-7-21-14(19)16-11/h2-7,9H,8H2,1H3,(H,18,20)/b17-10-. The number of fused-ring (bicyclic) bond motifs is 1. The van der Waals surface area contributed by atoms with Crippen LogP contribution >= 0.6 is 11.3 Å². The van der Waals surface area contributed by atoms with Crippen molar-refractivity contribution in [2.24, 2.45) is 5.10 Å². The SMILES string of the molecule is C/C(=N/NC(=O)Cc1cn2ccsc2n1)c1ccccn1. The van der Waals surface area contributed by atoms with E-state index < -0.39 is 0 Å². The van der Waals surface area contributed by atoms with E-state index in [0.717, 1.165) is 16.3 Å². The molecular formula is C14H13N5OS. The fourth-order valence-electron chi connectivity index (χ4n) is 1.85. The molecule has 0 aliphatic rings. The third kappa shape index (κ3) is 3.14. The van der Waals surface area contributed by atoms with Crippen LogP contribution in [0.1, 0.15) is 18.3 Å². The fourth-order valence-corrected chi connectivity index (χ4v) is 2.56. The van der Waals surface area contributed by atoms with Crippen LogP contribution in [0.2, 0.25) is 0 Å². The lowest BCUT2D eigenvalue weighted by Crippen LogP contribution is -2.21. The second-order valence-electron chi connectivity index (χ2n) is 4.45. The van der Waals surface area contributed by atoms with Crippen molar-refractivity contribution in [1.29, 1.82) is 0 Å². The monoisotopic (exact) mass is 299 g/mol. The van der Waals surface area contributed by atoms with Gasteiger partial charge in [0.2, 0.25) is 5.91 Å². The number of thiazole rings is 1. The molecule has 3 aromatic heterocycles. The number of hydrogen-bond acceptors (Lipinski definition) is 5. The minimum atomic E-state index is -0.198. The van der Waals surface area contributed by atoms with E-state index in [2.05, 4.69) is 20.5 Å². The fraction of sp³-hybridized carbons (Fsp3) is 0.143. The van der Waals surface area contributed by atoms with Crippen molar-refractivity contribution in [1.82, 2.24) is 19.8 Å². The van der Waals surface area contributed by atoms with Crippen LogP contribution in [0, 0.1) is 0 Å². The first kappa shape index (κ1) is 13.4. The van der Waals surface area contributed by atoms with Gasteiger partial charge in [0, 0.05) is 24.0 Å². The van der Waals surface area contributed by atoms with Crippen LogP contribution in [-0.2, 0) is 11.2 Å². The number of nitrogens with zero attached hydrogens (tertiary/aromatic N) is 4. The van der Waals surface area contributed by atoms with Crippen molar-refractivity contribution < 1.29 is 4.79 Å². The third-order valence-electron chi connectivity index (χ3n) is 2.87. The van der Waals surface area contributed by atoms with Gasteiger partial charge in [-0.3, -0.25) is 14.2 Å². The zero-order chi connectivity index (χ0) is 14.7. The van der Waals surface area contributed by atoms with Gasteiger partial charge in [0.15, 0.2) is 4.96 Å². The maximum Gasteiger partial charge on any atom is 0.246 e. The molecule has 0 atom stereocenters. The summed E-state index contributed by atoms with van der Waals surface area (Å²) in [5, 5.41) is 6.01. The van der Waals surface area contributed by atoms with E-state index in [1.807, 2.05) is 40.4 Å². The van der Waals surface area contributed by atoms with E-state index in [0.29, 0.717) is 5.71 Å². The van der Waals surface area contributed by atoms with Crippen LogP contribution < -0.4 is 5.43 Å². The second-order valence-corrected chi connectivity index (χ2v) is 5.32. The molecule has 0 saturated heterocycles. The van der Waals surface area contributed by atoms with E-state index >= 15 is 0 Å². The Labute approximate surface area is 125 Å². The van der Waals surface area contributed by atoms with E-state index in [4.69, 9.17) is 0 Å². The summed E-state index contributed by atoms with van der Waals surface area (Å²) in [4.78, 5) is 21.3. The lowest BCUT2D eigenvalue weighted by Gasteiger charge is -2.01. The number of imidazole rings is 1. The lowest BCUT2D eigenvalue weighted by molar-refractivity contribution is -0.120. The molecule has 3 rings (SSSR count). The number of rotatable bonds is 4. The molecule has 1 amide bonds. The molecule has 6 nitrogen and oxygen atoms in total. The Bertz CT molecular complexity index is 761. The molecule has 3 aromatic rings. The van der Waals surface area contributed by atoms with Crippen molar-refractivity contribution in [2.45, 2.75) is 13.3 Å². The number of pyridine rings is 1. The Balaban J connectivity index is 1.62. The molecule has 0 unspecified atom stereocenters. The number of nitrogens with one attached hydrogen (secondary N) is 1. The van der Waals surface area contributed by atoms with Gasteiger partial charge in [-0.15, -0.1) is 11.3 Å². The summed E-state index contributed by atoms with van der Waals surface area (Å²) in [6.07, 6.45) is 5.65. The average Bonchev–Trinajstić information content (AvgIpc) is 3.07. The van der Waals surface area contributed by atoms with Crippen LogP contribution in [0.5, 0.6) is 0 Å². The Kier molecular flexibility index (Phi) is 3.74. The number of amides is 1. The van der Waals surface area contributed by atoms with Gasteiger partial charge < -0.3 is 0 Å². The highest BCUT2D eigenvalue weighted by atomic mass is 32.1. The minimum absolute atomic E-state index is 0.198. The Morgan fingerprint density at radius 2 is 2.38 bits per heavy atom. The largest absolute Gasteiger partial charge is 0.297 e. The second kappa shape index (κ2) is 5.84. The lowest BCUT2D eigenvalue weighted by atomic mass is 10.3. The molecule has 7 heteroatoms. The highest BCUT2D eigenvalue weighted by molar-refractivity contribution is 7.15. The van der Waals surface area contributed by atoms with Crippen LogP contribution in [0.25, 0.3) is 4.96 Å². The maximum absolute atomic E-state index is 11.9. The number of hydrazone groups is 1. The molecular weight excluding hydrogens is 286 g/mol. The zero-order valence-electron chi connectivity index (χ0n) is 11.4. The molecule has 3 heterocycles. The molecule has 0 radical (unpaired) electrons. The van der Waals surface area contributed by atoms with Crippen molar-refractivity contribution in [3.8, 4) is 0 Å². The van der Waals surface area contributed by atoms with E-state index in [1.165, 1.54) is 11.3 Å². The van der Waals surface area contributed by atoms with Crippen LogP contribution in [0.3, 0.4) is 0 Å². The Morgan fingerprint density at radius 1 is 1.48 bits per heavy atom. The summed E-state index contributed by atoms with van der Waals surface area (Å²) in [5.74, 6) is -0.198. The number of carbonyl (C=O) groups is 1. The summed E-state index contributed by atoms with van der Waals surface area (Å²) in [6.45, 7) is 1.80. The normalized spacial score (nSPS) is 11.8. The summed E-state index contributed by atoms with van der Waals surface area (Å²) in [7, 11) is 0. The zero-order valence-corrected chi connectivity index (χ0v) is 12.2. The van der Waals surface area contributed by atoms with Crippen LogP contribution in [0.4, 0.5) is 0 Å². The predicted molar refractivity (Wildman–Crippen MR) is 81.4 cm³/mol. The number of hydrogen-bond donors (Lipinski definition) is 1. The Morgan fingerprint density at radius 3 is 3.14 bits per heavy atom. The first-order chi connectivity index (χ1) is 10.2. The van der Waals surface area contributed by atoms with E-state index in [9.17, 15) is 4.79 Å². The molecule has 0 fully saturated rings. The minimum Gasteiger partial charge on any atom is -0.297 e. The van der Waals surface area contributed by atoms with Gasteiger partial charge in [-0.25, -0.2) is 10.4 Å². The topological polar surface area (TPSA) is 71.7 Å². The maximum atomic E-state index is 11.9. The van der Waals surface area contributed by atoms with E-state index in [-0.39, 0.29) is 12.3 Å². The summed E-state index contributed by atoms with van der Waals surface area (Å²) in [6, 6.07) is 5.55. The van der Waals surface area contributed by atoms with Crippen molar-refractivity contribution >= 4 is 27.9 Å². The smallest absolute Gasteiger partial charge is 0.246 e. The highest BCUT2D eigenvalue weighted by Gasteiger charge is 2.08. The summed E-state index contributed by atoms with van der Waals surface area (Å²) in [5.41, 5.74) is 4.65. The van der Waals surface area contributed by atoms with Gasteiger partial charge in [-0.1, -0.05) is 6.07 Å². The molecule has 0 saturated carbocycles. The van der Waals surface area contributed by atoms with Gasteiger partial charge in [0.25, 0.3) is 0 Å². The average molecular weight is 299 g/mol. The van der Waals surface area contributed by atoms with Crippen molar-refractivity contribution in [3.05, 3.63) is 53.6 Å². The van der Waals surface area contributed by atoms with Crippen molar-refractivity contribution in [2.75, 3.05) is 0 Å². The first-order valence-corrected chi connectivity index (χ1v) is 7.26.